The number of pyridine rings is 1. The molecular weight excluding hydrogens is 282 g/mol. The van der Waals surface area contributed by atoms with Crippen molar-refractivity contribution in [1.82, 2.24) is 9.88 Å². The molecule has 2 rings (SSSR count). The number of ether oxygens (including phenoxy) is 1. The van der Waals surface area contributed by atoms with Crippen molar-refractivity contribution in [1.29, 1.82) is 0 Å². The second-order valence-electron chi connectivity index (χ2n) is 6.54. The maximum atomic E-state index is 11.0. The van der Waals surface area contributed by atoms with Gasteiger partial charge >= 0.3 is 5.97 Å². The van der Waals surface area contributed by atoms with Crippen molar-refractivity contribution in [3.8, 4) is 0 Å². The molecule has 1 fully saturated rings. The average Bonchev–Trinajstić information content (AvgIpc) is 2.44. The second-order valence-corrected chi connectivity index (χ2v) is 6.54. The van der Waals surface area contributed by atoms with E-state index in [0.717, 1.165) is 13.1 Å². The molecule has 0 amide bonds. The fourth-order valence-electron chi connectivity index (χ4n) is 2.74. The molecule has 1 aromatic rings. The molecule has 0 bridgehead atoms. The molecule has 0 radical (unpaired) electrons. The van der Waals surface area contributed by atoms with E-state index in [9.17, 15) is 4.79 Å². The Labute approximate surface area is 131 Å². The van der Waals surface area contributed by atoms with Crippen molar-refractivity contribution in [3.05, 3.63) is 23.9 Å². The molecule has 22 heavy (non-hydrogen) atoms. The highest BCUT2D eigenvalue weighted by atomic mass is 16.5. The first kappa shape index (κ1) is 16.7. The van der Waals surface area contributed by atoms with Gasteiger partial charge in [0.05, 0.1) is 12.2 Å². The van der Waals surface area contributed by atoms with Gasteiger partial charge in [-0.1, -0.05) is 6.07 Å². The van der Waals surface area contributed by atoms with E-state index in [1.165, 1.54) is 6.07 Å². The predicted octanol–water partition coefficient (Wildman–Crippen LogP) is 2.08. The van der Waals surface area contributed by atoms with Gasteiger partial charge in [0.1, 0.15) is 5.82 Å². The Kier molecular flexibility index (Phi) is 5.03. The van der Waals surface area contributed by atoms with Crippen LogP contribution in [0.5, 0.6) is 0 Å². The number of aromatic carboxylic acids is 1. The molecule has 0 saturated carbocycles. The minimum atomic E-state index is -1.02. The summed E-state index contributed by atoms with van der Waals surface area (Å²) in [5.74, 6) is -0.430. The lowest BCUT2D eigenvalue weighted by Gasteiger charge is -2.45. The zero-order valence-corrected chi connectivity index (χ0v) is 13.7. The van der Waals surface area contributed by atoms with Crippen LogP contribution in [0, 0.1) is 0 Å². The molecule has 6 heteroatoms. The van der Waals surface area contributed by atoms with Crippen LogP contribution in [0.3, 0.4) is 0 Å². The van der Waals surface area contributed by atoms with Crippen molar-refractivity contribution in [3.63, 3.8) is 0 Å². The smallest absolute Gasteiger partial charge is 0.354 e. The first-order valence-electron chi connectivity index (χ1n) is 7.62. The van der Waals surface area contributed by atoms with E-state index >= 15 is 0 Å². The number of morpholine rings is 1. The lowest BCUT2D eigenvalue weighted by atomic mass is 10.00. The standard InChI is InChI=1S/C16H25N3O3/c1-11-8-19(9-12(2)22-11)16(3,4)10-17-14-7-5-6-13(18-14)15(20)21/h5-7,11-12H,8-10H2,1-4H3,(H,17,18)(H,20,21). The molecule has 2 N–H and O–H groups in total. The minimum absolute atomic E-state index is 0.0522. The van der Waals surface area contributed by atoms with Crippen LogP contribution in [0.15, 0.2) is 18.2 Å². The number of nitrogens with zero attached hydrogens (tertiary/aromatic N) is 2. The number of anilines is 1. The summed E-state index contributed by atoms with van der Waals surface area (Å²) in [6, 6.07) is 4.97. The summed E-state index contributed by atoms with van der Waals surface area (Å²) < 4.78 is 5.78. The minimum Gasteiger partial charge on any atom is -0.477 e. The molecule has 122 valence electrons. The van der Waals surface area contributed by atoms with Gasteiger partial charge in [-0.15, -0.1) is 0 Å². The lowest BCUT2D eigenvalue weighted by Crippen LogP contribution is -2.57. The van der Waals surface area contributed by atoms with E-state index < -0.39 is 5.97 Å². The predicted molar refractivity (Wildman–Crippen MR) is 85.3 cm³/mol. The molecule has 1 aromatic heterocycles. The summed E-state index contributed by atoms with van der Waals surface area (Å²) in [4.78, 5) is 17.5. The number of rotatable bonds is 5. The van der Waals surface area contributed by atoms with E-state index in [0.29, 0.717) is 12.4 Å². The summed E-state index contributed by atoms with van der Waals surface area (Å²) in [6.45, 7) is 11.0. The van der Waals surface area contributed by atoms with Gasteiger partial charge in [0.15, 0.2) is 5.69 Å². The van der Waals surface area contributed by atoms with Crippen LogP contribution in [-0.4, -0.2) is 58.3 Å². The summed E-state index contributed by atoms with van der Waals surface area (Å²) in [5.41, 5.74) is -0.0239. The van der Waals surface area contributed by atoms with Crippen LogP contribution in [0.2, 0.25) is 0 Å². The maximum absolute atomic E-state index is 11.0. The molecule has 2 heterocycles. The summed E-state index contributed by atoms with van der Waals surface area (Å²) >= 11 is 0. The van der Waals surface area contributed by atoms with Gasteiger partial charge in [0.25, 0.3) is 0 Å². The van der Waals surface area contributed by atoms with Crippen LogP contribution < -0.4 is 5.32 Å². The van der Waals surface area contributed by atoms with Crippen molar-refractivity contribution in [2.75, 3.05) is 25.0 Å². The highest BCUT2D eigenvalue weighted by Gasteiger charge is 2.33. The summed E-state index contributed by atoms with van der Waals surface area (Å²) in [6.07, 6.45) is 0.438. The fourth-order valence-corrected chi connectivity index (χ4v) is 2.74. The Balaban J connectivity index is 2.00. The van der Waals surface area contributed by atoms with Crippen molar-refractivity contribution in [2.24, 2.45) is 0 Å². The molecule has 0 spiro atoms. The molecular formula is C16H25N3O3. The third kappa shape index (κ3) is 4.18. The molecule has 0 aliphatic carbocycles. The second kappa shape index (κ2) is 6.62. The number of aromatic nitrogens is 1. The topological polar surface area (TPSA) is 74.7 Å². The molecule has 1 aliphatic heterocycles. The van der Waals surface area contributed by atoms with Gasteiger partial charge in [-0.25, -0.2) is 9.78 Å². The first-order valence-corrected chi connectivity index (χ1v) is 7.62. The third-order valence-corrected chi connectivity index (χ3v) is 3.95. The molecule has 0 aromatic carbocycles. The lowest BCUT2D eigenvalue weighted by molar-refractivity contribution is -0.0933. The third-order valence-electron chi connectivity index (χ3n) is 3.95. The van der Waals surface area contributed by atoms with Gasteiger partial charge in [0, 0.05) is 25.2 Å². The quantitative estimate of drug-likeness (QED) is 0.867. The Bertz CT molecular complexity index is 523. The Morgan fingerprint density at radius 2 is 2.05 bits per heavy atom. The zero-order valence-electron chi connectivity index (χ0n) is 13.7. The zero-order chi connectivity index (χ0) is 16.3. The summed E-state index contributed by atoms with van der Waals surface area (Å²) in [5, 5.41) is 12.2. The Morgan fingerprint density at radius 3 is 2.64 bits per heavy atom. The van der Waals surface area contributed by atoms with Crippen molar-refractivity contribution >= 4 is 11.8 Å². The Morgan fingerprint density at radius 1 is 1.41 bits per heavy atom. The van der Waals surface area contributed by atoms with E-state index in [2.05, 4.69) is 42.9 Å². The molecule has 2 unspecified atom stereocenters. The number of carboxylic acid groups (broad SMARTS) is 1. The van der Waals surface area contributed by atoms with Crippen LogP contribution in [0.25, 0.3) is 0 Å². The fraction of sp³-hybridized carbons (Fsp3) is 0.625. The SMILES string of the molecule is CC1CN(C(C)(C)CNc2cccc(C(=O)O)n2)CC(C)O1. The number of hydrogen-bond acceptors (Lipinski definition) is 5. The Hall–Kier alpha value is -1.66. The van der Waals surface area contributed by atoms with Crippen LogP contribution in [0.4, 0.5) is 5.82 Å². The van der Waals surface area contributed by atoms with Crippen molar-refractivity contribution in [2.45, 2.75) is 45.4 Å². The molecule has 1 aliphatic rings. The maximum Gasteiger partial charge on any atom is 0.354 e. The molecule has 6 nitrogen and oxygen atoms in total. The van der Waals surface area contributed by atoms with Crippen LogP contribution >= 0.6 is 0 Å². The van der Waals surface area contributed by atoms with E-state index in [-0.39, 0.29) is 23.4 Å². The van der Waals surface area contributed by atoms with Crippen molar-refractivity contribution < 1.29 is 14.6 Å². The highest BCUT2D eigenvalue weighted by molar-refractivity contribution is 5.85. The van der Waals surface area contributed by atoms with Crippen LogP contribution in [-0.2, 0) is 4.74 Å². The van der Waals surface area contributed by atoms with E-state index in [1.54, 1.807) is 12.1 Å². The number of carbonyl (C=O) groups is 1. The average molecular weight is 307 g/mol. The van der Waals surface area contributed by atoms with Gasteiger partial charge < -0.3 is 15.2 Å². The molecule has 1 saturated heterocycles. The highest BCUT2D eigenvalue weighted by Crippen LogP contribution is 2.21. The van der Waals surface area contributed by atoms with Gasteiger partial charge in [-0.3, -0.25) is 4.90 Å². The summed E-state index contributed by atoms with van der Waals surface area (Å²) in [7, 11) is 0. The largest absolute Gasteiger partial charge is 0.477 e. The first-order chi connectivity index (χ1) is 10.3. The number of nitrogens with one attached hydrogen (secondary N) is 1. The van der Waals surface area contributed by atoms with E-state index in [1.807, 2.05) is 0 Å². The number of carboxylic acids is 1. The van der Waals surface area contributed by atoms with Gasteiger partial charge in [0.2, 0.25) is 0 Å². The van der Waals surface area contributed by atoms with Gasteiger partial charge in [-0.05, 0) is 39.8 Å². The normalized spacial score (nSPS) is 23.3. The van der Waals surface area contributed by atoms with E-state index in [4.69, 9.17) is 9.84 Å². The number of hydrogen-bond donors (Lipinski definition) is 2. The molecule has 2 atom stereocenters. The van der Waals surface area contributed by atoms with Gasteiger partial charge in [-0.2, -0.15) is 0 Å². The monoisotopic (exact) mass is 307 g/mol. The van der Waals surface area contributed by atoms with Crippen LogP contribution in [0.1, 0.15) is 38.2 Å².